The standard InChI is InChI=1S/C33H41N3O5S/c1-5-30(33(38)34-27-13-9-10-14-27)35(22-26-12-11-15-28(21-26)41-4)32(37)23-36(31-19-18-24(2)20-25(31)3)42(39,40)29-16-7-6-8-17-29/h6-8,11-12,15-21,27,30H,5,9-10,13-14,22-23H2,1-4H3,(H,34,38). The van der Waals surface area contributed by atoms with E-state index in [1.54, 1.807) is 31.4 Å². The van der Waals surface area contributed by atoms with Gasteiger partial charge in [-0.15, -0.1) is 0 Å². The lowest BCUT2D eigenvalue weighted by Crippen LogP contribution is -2.53. The molecule has 0 aromatic heterocycles. The number of sulfonamides is 1. The van der Waals surface area contributed by atoms with Crippen molar-refractivity contribution in [2.24, 2.45) is 0 Å². The monoisotopic (exact) mass is 591 g/mol. The lowest BCUT2D eigenvalue weighted by Gasteiger charge is -2.34. The highest BCUT2D eigenvalue weighted by molar-refractivity contribution is 7.92. The number of rotatable bonds is 12. The van der Waals surface area contributed by atoms with Crippen LogP contribution in [-0.2, 0) is 26.2 Å². The summed E-state index contributed by atoms with van der Waals surface area (Å²) < 4.78 is 34.6. The maximum atomic E-state index is 14.3. The van der Waals surface area contributed by atoms with E-state index in [9.17, 15) is 18.0 Å². The molecule has 1 unspecified atom stereocenters. The van der Waals surface area contributed by atoms with Crippen LogP contribution in [0.2, 0.25) is 0 Å². The Morgan fingerprint density at radius 3 is 2.33 bits per heavy atom. The van der Waals surface area contributed by atoms with E-state index in [0.717, 1.165) is 42.4 Å². The summed E-state index contributed by atoms with van der Waals surface area (Å²) in [6.45, 7) is 5.30. The second-order valence-corrected chi connectivity index (χ2v) is 12.8. The zero-order valence-electron chi connectivity index (χ0n) is 24.9. The summed E-state index contributed by atoms with van der Waals surface area (Å²) in [5, 5.41) is 3.14. The molecule has 0 heterocycles. The number of aryl methyl sites for hydroxylation is 2. The Balaban J connectivity index is 1.74. The Kier molecular flexibility index (Phi) is 10.3. The molecule has 0 bridgehead atoms. The second-order valence-electron chi connectivity index (χ2n) is 10.9. The first-order chi connectivity index (χ1) is 20.1. The van der Waals surface area contributed by atoms with E-state index in [4.69, 9.17) is 4.74 Å². The summed E-state index contributed by atoms with van der Waals surface area (Å²) in [6.07, 6.45) is 4.35. The Morgan fingerprint density at radius 2 is 1.69 bits per heavy atom. The van der Waals surface area contributed by atoms with Gasteiger partial charge < -0.3 is 15.0 Å². The first kappa shape index (κ1) is 31.1. The molecule has 42 heavy (non-hydrogen) atoms. The van der Waals surface area contributed by atoms with Gasteiger partial charge in [0.05, 0.1) is 17.7 Å². The fourth-order valence-corrected chi connectivity index (χ4v) is 7.07. The third-order valence-corrected chi connectivity index (χ3v) is 9.58. The molecule has 0 aliphatic heterocycles. The number of benzene rings is 3. The highest BCUT2D eigenvalue weighted by Gasteiger charge is 2.35. The van der Waals surface area contributed by atoms with Gasteiger partial charge >= 0.3 is 0 Å². The van der Waals surface area contributed by atoms with Crippen LogP contribution in [0.25, 0.3) is 0 Å². The molecule has 1 atom stereocenters. The number of hydrogen-bond acceptors (Lipinski definition) is 5. The maximum Gasteiger partial charge on any atom is 0.264 e. The highest BCUT2D eigenvalue weighted by atomic mass is 32.2. The van der Waals surface area contributed by atoms with Gasteiger partial charge in [0.2, 0.25) is 11.8 Å². The molecule has 0 radical (unpaired) electrons. The highest BCUT2D eigenvalue weighted by Crippen LogP contribution is 2.29. The lowest BCUT2D eigenvalue weighted by molar-refractivity contribution is -0.140. The summed E-state index contributed by atoms with van der Waals surface area (Å²) >= 11 is 0. The van der Waals surface area contributed by atoms with Gasteiger partial charge in [-0.3, -0.25) is 13.9 Å². The smallest absolute Gasteiger partial charge is 0.264 e. The van der Waals surface area contributed by atoms with Crippen LogP contribution in [0.1, 0.15) is 55.7 Å². The molecule has 224 valence electrons. The SMILES string of the molecule is CCC(C(=O)NC1CCCC1)N(Cc1cccc(OC)c1)C(=O)CN(c1ccc(C)cc1C)S(=O)(=O)c1ccccc1. The predicted octanol–water partition coefficient (Wildman–Crippen LogP) is 5.37. The molecule has 3 aromatic carbocycles. The molecule has 1 aliphatic rings. The van der Waals surface area contributed by atoms with Crippen LogP contribution in [0.4, 0.5) is 5.69 Å². The molecule has 0 saturated heterocycles. The van der Waals surface area contributed by atoms with Gasteiger partial charge in [0.1, 0.15) is 18.3 Å². The minimum atomic E-state index is -4.11. The van der Waals surface area contributed by atoms with Gasteiger partial charge in [-0.2, -0.15) is 0 Å². The van der Waals surface area contributed by atoms with Crippen LogP contribution < -0.4 is 14.4 Å². The number of amides is 2. The molecule has 8 nitrogen and oxygen atoms in total. The van der Waals surface area contributed by atoms with Crippen molar-refractivity contribution < 1.29 is 22.7 Å². The summed E-state index contributed by atoms with van der Waals surface area (Å²) in [5.41, 5.74) is 2.91. The number of nitrogens with one attached hydrogen (secondary N) is 1. The van der Waals surface area contributed by atoms with Crippen LogP contribution in [-0.4, -0.2) is 50.9 Å². The fraction of sp³-hybridized carbons (Fsp3) is 0.394. The van der Waals surface area contributed by atoms with E-state index in [0.29, 0.717) is 17.9 Å². The van der Waals surface area contributed by atoms with Crippen molar-refractivity contribution >= 4 is 27.5 Å². The minimum absolute atomic E-state index is 0.0862. The molecule has 3 aromatic rings. The van der Waals surface area contributed by atoms with Crippen LogP contribution in [0.15, 0.2) is 77.7 Å². The second kappa shape index (κ2) is 13.9. The first-order valence-electron chi connectivity index (χ1n) is 14.5. The number of carbonyl (C=O) groups excluding carboxylic acids is 2. The number of hydrogen-bond donors (Lipinski definition) is 1. The summed E-state index contributed by atoms with van der Waals surface area (Å²) in [7, 11) is -2.54. The lowest BCUT2D eigenvalue weighted by atomic mass is 10.1. The van der Waals surface area contributed by atoms with Gasteiger partial charge in [-0.1, -0.05) is 67.8 Å². The van der Waals surface area contributed by atoms with Crippen LogP contribution >= 0.6 is 0 Å². The zero-order chi connectivity index (χ0) is 30.3. The van der Waals surface area contributed by atoms with Crippen molar-refractivity contribution in [1.82, 2.24) is 10.2 Å². The van der Waals surface area contributed by atoms with Gasteiger partial charge in [-0.25, -0.2) is 8.42 Å². The maximum absolute atomic E-state index is 14.3. The third-order valence-electron chi connectivity index (χ3n) is 7.81. The quantitative estimate of drug-likeness (QED) is 0.305. The topological polar surface area (TPSA) is 96.0 Å². The molecule has 2 amide bonds. The molecule has 1 saturated carbocycles. The van der Waals surface area contributed by atoms with E-state index < -0.39 is 28.5 Å². The fourth-order valence-electron chi connectivity index (χ4n) is 5.57. The number of methoxy groups -OCH3 is 1. The largest absolute Gasteiger partial charge is 0.497 e. The van der Waals surface area contributed by atoms with Gasteiger partial charge in [0, 0.05) is 12.6 Å². The van der Waals surface area contributed by atoms with Crippen molar-refractivity contribution in [2.45, 2.75) is 76.4 Å². The zero-order valence-corrected chi connectivity index (χ0v) is 25.7. The Morgan fingerprint density at radius 1 is 0.976 bits per heavy atom. The van der Waals surface area contributed by atoms with E-state index in [1.165, 1.54) is 21.3 Å². The number of ether oxygens (including phenoxy) is 1. The Labute approximate surface area is 249 Å². The van der Waals surface area contributed by atoms with Gasteiger partial charge in [-0.05, 0) is 74.6 Å². The number of carbonyl (C=O) groups is 2. The van der Waals surface area contributed by atoms with E-state index >= 15 is 0 Å². The number of anilines is 1. The van der Waals surface area contributed by atoms with Crippen LogP contribution in [0, 0.1) is 13.8 Å². The van der Waals surface area contributed by atoms with Crippen molar-refractivity contribution in [3.63, 3.8) is 0 Å². The molecule has 1 aliphatic carbocycles. The normalized spacial score (nSPS) is 14.3. The van der Waals surface area contributed by atoms with E-state index in [1.807, 2.05) is 57.2 Å². The van der Waals surface area contributed by atoms with Crippen molar-refractivity contribution in [2.75, 3.05) is 18.0 Å². The summed E-state index contributed by atoms with van der Waals surface area (Å²) in [6, 6.07) is 20.2. The van der Waals surface area contributed by atoms with Gasteiger partial charge in [0.25, 0.3) is 10.0 Å². The minimum Gasteiger partial charge on any atom is -0.497 e. The molecule has 0 spiro atoms. The van der Waals surface area contributed by atoms with Crippen molar-refractivity contribution in [3.05, 3.63) is 89.5 Å². The Bertz CT molecular complexity index is 1490. The molecule has 1 N–H and O–H groups in total. The average Bonchev–Trinajstić information content (AvgIpc) is 3.49. The summed E-state index contributed by atoms with van der Waals surface area (Å²) in [5.74, 6) is -0.0535. The molecular formula is C33H41N3O5S. The molecule has 1 fully saturated rings. The molecule has 9 heteroatoms. The third kappa shape index (κ3) is 7.31. The average molecular weight is 592 g/mol. The van der Waals surface area contributed by atoms with E-state index in [2.05, 4.69) is 5.32 Å². The summed E-state index contributed by atoms with van der Waals surface area (Å²) in [4.78, 5) is 29.5. The predicted molar refractivity (Wildman–Crippen MR) is 165 cm³/mol. The van der Waals surface area contributed by atoms with Crippen LogP contribution in [0.3, 0.4) is 0 Å². The van der Waals surface area contributed by atoms with Crippen LogP contribution in [0.5, 0.6) is 5.75 Å². The number of nitrogens with zero attached hydrogens (tertiary/aromatic N) is 2. The van der Waals surface area contributed by atoms with E-state index in [-0.39, 0.29) is 23.4 Å². The first-order valence-corrected chi connectivity index (χ1v) is 16.0. The molecular weight excluding hydrogens is 550 g/mol. The Hall–Kier alpha value is -3.85. The van der Waals surface area contributed by atoms with Crippen molar-refractivity contribution in [3.8, 4) is 5.75 Å². The van der Waals surface area contributed by atoms with Crippen molar-refractivity contribution in [1.29, 1.82) is 0 Å². The van der Waals surface area contributed by atoms with Gasteiger partial charge in [0.15, 0.2) is 0 Å². The molecule has 4 rings (SSSR count).